The fourth-order valence-corrected chi connectivity index (χ4v) is 2.52. The van der Waals surface area contributed by atoms with Gasteiger partial charge in [0.2, 0.25) is 0 Å². The molecule has 1 heterocycles. The minimum atomic E-state index is 0.317. The van der Waals surface area contributed by atoms with Crippen LogP contribution >= 0.6 is 0 Å². The summed E-state index contributed by atoms with van der Waals surface area (Å²) in [6, 6.07) is 13.0. The Kier molecular flexibility index (Phi) is 5.42. The van der Waals surface area contributed by atoms with Crippen molar-refractivity contribution in [3.63, 3.8) is 0 Å². The summed E-state index contributed by atoms with van der Waals surface area (Å²) in [6.07, 6.45) is 3.21. The van der Waals surface area contributed by atoms with E-state index in [-0.39, 0.29) is 0 Å². The third-order valence-corrected chi connectivity index (χ3v) is 3.68. The van der Waals surface area contributed by atoms with Gasteiger partial charge < -0.3 is 9.73 Å². The molecule has 1 N–H and O–H groups in total. The lowest BCUT2D eigenvalue weighted by molar-refractivity contribution is 0.411. The Labute approximate surface area is 122 Å². The molecule has 20 heavy (non-hydrogen) atoms. The summed E-state index contributed by atoms with van der Waals surface area (Å²) in [4.78, 5) is 0. The van der Waals surface area contributed by atoms with E-state index in [1.54, 1.807) is 0 Å². The van der Waals surface area contributed by atoms with E-state index in [2.05, 4.69) is 62.5 Å². The van der Waals surface area contributed by atoms with Crippen molar-refractivity contribution in [1.29, 1.82) is 0 Å². The molecule has 0 aliphatic carbocycles. The smallest absolute Gasteiger partial charge is 0.134 e. The molecule has 1 aromatic carbocycles. The monoisotopic (exact) mass is 271 g/mol. The number of furan rings is 1. The molecular formula is C18H25NO. The molecular weight excluding hydrogens is 246 g/mol. The summed E-state index contributed by atoms with van der Waals surface area (Å²) in [7, 11) is 0. The van der Waals surface area contributed by atoms with Gasteiger partial charge in [-0.05, 0) is 43.5 Å². The molecule has 2 aromatic rings. The largest absolute Gasteiger partial charge is 0.459 e. The molecule has 0 fully saturated rings. The molecule has 0 aliphatic rings. The second-order valence-corrected chi connectivity index (χ2v) is 5.13. The molecule has 0 aliphatic heterocycles. The van der Waals surface area contributed by atoms with E-state index < -0.39 is 0 Å². The Bertz CT molecular complexity index is 530. The van der Waals surface area contributed by atoms with Crippen molar-refractivity contribution in [3.8, 4) is 11.3 Å². The van der Waals surface area contributed by atoms with E-state index in [4.69, 9.17) is 4.42 Å². The van der Waals surface area contributed by atoms with E-state index in [0.29, 0.717) is 6.04 Å². The lowest BCUT2D eigenvalue weighted by Crippen LogP contribution is -2.20. The van der Waals surface area contributed by atoms with Gasteiger partial charge >= 0.3 is 0 Å². The first-order valence-electron chi connectivity index (χ1n) is 7.71. The summed E-state index contributed by atoms with van der Waals surface area (Å²) in [5.74, 6) is 2.02. The first-order chi connectivity index (χ1) is 9.80. The Morgan fingerprint density at radius 3 is 2.55 bits per heavy atom. The van der Waals surface area contributed by atoms with E-state index in [9.17, 15) is 0 Å². The first-order valence-corrected chi connectivity index (χ1v) is 7.71. The van der Waals surface area contributed by atoms with Crippen LogP contribution in [0.4, 0.5) is 0 Å². The van der Waals surface area contributed by atoms with Gasteiger partial charge in [-0.2, -0.15) is 0 Å². The van der Waals surface area contributed by atoms with Gasteiger partial charge in [0.05, 0.1) is 6.04 Å². The molecule has 2 nitrogen and oxygen atoms in total. The molecule has 0 radical (unpaired) electrons. The predicted molar refractivity (Wildman–Crippen MR) is 84.8 cm³/mol. The minimum absolute atomic E-state index is 0.317. The van der Waals surface area contributed by atoms with Crippen LogP contribution in [0.5, 0.6) is 0 Å². The summed E-state index contributed by atoms with van der Waals surface area (Å²) in [6.45, 7) is 7.58. The van der Waals surface area contributed by atoms with Crippen LogP contribution in [0.1, 0.15) is 51.0 Å². The molecule has 2 rings (SSSR count). The third-order valence-electron chi connectivity index (χ3n) is 3.68. The Morgan fingerprint density at radius 1 is 1.05 bits per heavy atom. The highest BCUT2D eigenvalue weighted by molar-refractivity contribution is 5.62. The van der Waals surface area contributed by atoms with Crippen LogP contribution in [0, 0.1) is 0 Å². The van der Waals surface area contributed by atoms with E-state index in [1.165, 1.54) is 11.1 Å². The highest BCUT2D eigenvalue weighted by atomic mass is 16.3. The molecule has 1 unspecified atom stereocenters. The van der Waals surface area contributed by atoms with Crippen LogP contribution < -0.4 is 5.32 Å². The highest BCUT2D eigenvalue weighted by Crippen LogP contribution is 2.29. The van der Waals surface area contributed by atoms with Crippen molar-refractivity contribution < 1.29 is 4.42 Å². The van der Waals surface area contributed by atoms with Crippen molar-refractivity contribution in [3.05, 3.63) is 47.7 Å². The average Bonchev–Trinajstić information content (AvgIpc) is 2.97. The van der Waals surface area contributed by atoms with E-state index >= 15 is 0 Å². The summed E-state index contributed by atoms with van der Waals surface area (Å²) < 4.78 is 6.10. The van der Waals surface area contributed by atoms with Crippen LogP contribution in [-0.2, 0) is 6.42 Å². The standard InChI is InChI=1S/C18H25NO/c1-4-13-19-16(6-3)18-12-11-17(20-18)15-10-8-7-9-14(15)5-2/h7-12,16,19H,4-6,13H2,1-3H3. The summed E-state index contributed by atoms with van der Waals surface area (Å²) in [5.41, 5.74) is 2.55. The van der Waals surface area contributed by atoms with Gasteiger partial charge in [0.15, 0.2) is 0 Å². The normalized spacial score (nSPS) is 12.6. The summed E-state index contributed by atoms with van der Waals surface area (Å²) >= 11 is 0. The second kappa shape index (κ2) is 7.30. The van der Waals surface area contributed by atoms with Crippen LogP contribution in [-0.4, -0.2) is 6.54 Å². The zero-order chi connectivity index (χ0) is 14.4. The lowest BCUT2D eigenvalue weighted by atomic mass is 10.0. The highest BCUT2D eigenvalue weighted by Gasteiger charge is 2.14. The molecule has 0 saturated carbocycles. The van der Waals surface area contributed by atoms with Gasteiger partial charge in [0.25, 0.3) is 0 Å². The minimum Gasteiger partial charge on any atom is -0.459 e. The van der Waals surface area contributed by atoms with Crippen LogP contribution in [0.15, 0.2) is 40.8 Å². The zero-order valence-corrected chi connectivity index (χ0v) is 12.8. The maximum atomic E-state index is 6.10. The van der Waals surface area contributed by atoms with Gasteiger partial charge in [-0.1, -0.05) is 45.0 Å². The van der Waals surface area contributed by atoms with Crippen LogP contribution in [0.3, 0.4) is 0 Å². The van der Waals surface area contributed by atoms with Gasteiger partial charge in [0.1, 0.15) is 11.5 Å². The number of hydrogen-bond donors (Lipinski definition) is 1. The fourth-order valence-electron chi connectivity index (χ4n) is 2.52. The third kappa shape index (κ3) is 3.31. The lowest BCUT2D eigenvalue weighted by Gasteiger charge is -2.13. The molecule has 108 valence electrons. The second-order valence-electron chi connectivity index (χ2n) is 5.13. The topological polar surface area (TPSA) is 25.2 Å². The van der Waals surface area contributed by atoms with Crippen molar-refractivity contribution in [1.82, 2.24) is 5.32 Å². The van der Waals surface area contributed by atoms with Gasteiger partial charge in [-0.15, -0.1) is 0 Å². The first kappa shape index (κ1) is 14.9. The van der Waals surface area contributed by atoms with Crippen molar-refractivity contribution in [2.45, 2.75) is 46.1 Å². The maximum absolute atomic E-state index is 6.10. The molecule has 0 saturated heterocycles. The van der Waals surface area contributed by atoms with Gasteiger partial charge in [0, 0.05) is 5.56 Å². The molecule has 0 bridgehead atoms. The molecule has 1 aromatic heterocycles. The van der Waals surface area contributed by atoms with Crippen molar-refractivity contribution >= 4 is 0 Å². The number of aryl methyl sites for hydroxylation is 1. The van der Waals surface area contributed by atoms with Crippen molar-refractivity contribution in [2.75, 3.05) is 6.54 Å². The predicted octanol–water partition coefficient (Wildman–Crippen LogP) is 4.96. The molecule has 1 atom stereocenters. The zero-order valence-electron chi connectivity index (χ0n) is 12.8. The maximum Gasteiger partial charge on any atom is 0.134 e. The van der Waals surface area contributed by atoms with Crippen molar-refractivity contribution in [2.24, 2.45) is 0 Å². The van der Waals surface area contributed by atoms with E-state index in [0.717, 1.165) is 37.3 Å². The Morgan fingerprint density at radius 2 is 1.85 bits per heavy atom. The number of rotatable bonds is 7. The number of hydrogen-bond acceptors (Lipinski definition) is 2. The Balaban J connectivity index is 2.23. The quantitative estimate of drug-likeness (QED) is 0.770. The van der Waals surface area contributed by atoms with Gasteiger partial charge in [-0.25, -0.2) is 0 Å². The van der Waals surface area contributed by atoms with Crippen LogP contribution in [0.25, 0.3) is 11.3 Å². The Hall–Kier alpha value is -1.54. The SMILES string of the molecule is CCCNC(CC)c1ccc(-c2ccccc2CC)o1. The number of benzene rings is 1. The van der Waals surface area contributed by atoms with E-state index in [1.807, 2.05) is 0 Å². The molecule has 0 spiro atoms. The number of nitrogens with one attached hydrogen (secondary N) is 1. The fraction of sp³-hybridized carbons (Fsp3) is 0.444. The average molecular weight is 271 g/mol. The van der Waals surface area contributed by atoms with Gasteiger partial charge in [-0.3, -0.25) is 0 Å². The van der Waals surface area contributed by atoms with Crippen LogP contribution in [0.2, 0.25) is 0 Å². The summed E-state index contributed by atoms with van der Waals surface area (Å²) in [5, 5.41) is 3.54. The molecule has 2 heteroatoms. The molecule has 0 amide bonds.